The molecule has 0 radical (unpaired) electrons. The summed E-state index contributed by atoms with van der Waals surface area (Å²) in [6.45, 7) is 4.88. The third-order valence-corrected chi connectivity index (χ3v) is 3.64. The summed E-state index contributed by atoms with van der Waals surface area (Å²) in [5.41, 5.74) is 6.70. The van der Waals surface area contributed by atoms with Crippen LogP contribution < -0.4 is 16.0 Å². The fourth-order valence-corrected chi connectivity index (χ4v) is 2.29. The maximum Gasteiger partial charge on any atom is 0.119 e. The maximum atomic E-state index is 5.73. The molecule has 0 fully saturated rings. The lowest BCUT2D eigenvalue weighted by Crippen LogP contribution is -2.30. The van der Waals surface area contributed by atoms with Crippen molar-refractivity contribution >= 4 is 0 Å². The second-order valence-electron chi connectivity index (χ2n) is 4.96. The number of benzene rings is 2. The zero-order valence-corrected chi connectivity index (χ0v) is 12.1. The van der Waals surface area contributed by atoms with E-state index in [1.54, 1.807) is 0 Å². The lowest BCUT2D eigenvalue weighted by Gasteiger charge is -2.20. The summed E-state index contributed by atoms with van der Waals surface area (Å²) in [4.78, 5) is 0. The highest BCUT2D eigenvalue weighted by Crippen LogP contribution is 2.22. The summed E-state index contributed by atoms with van der Waals surface area (Å²) < 4.78 is 5.73. The molecule has 0 saturated carbocycles. The van der Waals surface area contributed by atoms with Crippen molar-refractivity contribution in [3.05, 3.63) is 65.2 Å². The van der Waals surface area contributed by atoms with Crippen LogP contribution in [0, 0.1) is 13.8 Å². The predicted molar refractivity (Wildman–Crippen MR) is 82.5 cm³/mol. The van der Waals surface area contributed by atoms with Gasteiger partial charge in [0.2, 0.25) is 0 Å². The Morgan fingerprint density at radius 2 is 1.80 bits per heavy atom. The third-order valence-electron chi connectivity index (χ3n) is 3.64. The highest BCUT2D eigenvalue weighted by atomic mass is 16.5. The fraction of sp³-hybridized carbons (Fsp3) is 0.294. The van der Waals surface area contributed by atoms with Crippen molar-refractivity contribution in [3.8, 4) is 5.75 Å². The summed E-state index contributed by atoms with van der Waals surface area (Å²) in [5.74, 6) is 6.59. The van der Waals surface area contributed by atoms with E-state index in [-0.39, 0.29) is 6.04 Å². The molecular weight excluding hydrogens is 248 g/mol. The molecule has 3 N–H and O–H groups in total. The van der Waals surface area contributed by atoms with E-state index < -0.39 is 0 Å². The summed E-state index contributed by atoms with van der Waals surface area (Å²) in [5, 5.41) is 0. The predicted octanol–water partition coefficient (Wildman–Crippen LogP) is 3.28. The zero-order valence-electron chi connectivity index (χ0n) is 12.1. The van der Waals surface area contributed by atoms with Gasteiger partial charge in [-0.1, -0.05) is 36.4 Å². The van der Waals surface area contributed by atoms with Crippen LogP contribution in [0.4, 0.5) is 0 Å². The number of para-hydroxylation sites is 1. The molecule has 2 aromatic carbocycles. The quantitative estimate of drug-likeness (QED) is 0.625. The molecule has 0 saturated heterocycles. The summed E-state index contributed by atoms with van der Waals surface area (Å²) >= 11 is 0. The molecule has 2 aromatic rings. The summed E-state index contributed by atoms with van der Waals surface area (Å²) in [6.07, 6.45) is 0.829. The van der Waals surface area contributed by atoms with Crippen LogP contribution in [0.1, 0.15) is 29.2 Å². The third kappa shape index (κ3) is 3.59. The first-order valence-electron chi connectivity index (χ1n) is 6.92. The number of nitrogens with two attached hydrogens (primary N) is 1. The SMILES string of the molecule is Cc1cccc(C(CCOc2ccccc2)NN)c1C. The summed E-state index contributed by atoms with van der Waals surface area (Å²) in [6, 6.07) is 16.3. The first-order chi connectivity index (χ1) is 9.72. The van der Waals surface area contributed by atoms with E-state index in [0.29, 0.717) is 6.61 Å². The first-order valence-corrected chi connectivity index (χ1v) is 6.92. The molecule has 0 aliphatic heterocycles. The molecule has 106 valence electrons. The van der Waals surface area contributed by atoms with E-state index in [2.05, 4.69) is 37.5 Å². The largest absolute Gasteiger partial charge is 0.494 e. The number of aryl methyl sites for hydroxylation is 1. The Kier molecular flexibility index (Phi) is 5.16. The molecule has 0 spiro atoms. The maximum absolute atomic E-state index is 5.73. The standard InChI is InChI=1S/C17H22N2O/c1-13-7-6-10-16(14(13)2)17(19-18)11-12-20-15-8-4-3-5-9-15/h3-10,17,19H,11-12,18H2,1-2H3. The topological polar surface area (TPSA) is 47.3 Å². The van der Waals surface area contributed by atoms with Crippen molar-refractivity contribution in [2.45, 2.75) is 26.3 Å². The molecule has 2 rings (SSSR count). The van der Waals surface area contributed by atoms with Gasteiger partial charge in [-0.25, -0.2) is 0 Å². The Balaban J connectivity index is 1.97. The van der Waals surface area contributed by atoms with Gasteiger partial charge in [0.05, 0.1) is 6.61 Å². The number of hydrazine groups is 1. The molecule has 3 heteroatoms. The van der Waals surface area contributed by atoms with Gasteiger partial charge in [0.1, 0.15) is 5.75 Å². The van der Waals surface area contributed by atoms with Crippen molar-refractivity contribution in [3.63, 3.8) is 0 Å². The molecule has 1 atom stereocenters. The van der Waals surface area contributed by atoms with Gasteiger partial charge < -0.3 is 4.74 Å². The van der Waals surface area contributed by atoms with Gasteiger partial charge in [-0.15, -0.1) is 0 Å². The van der Waals surface area contributed by atoms with Crippen LogP contribution in [0.25, 0.3) is 0 Å². The minimum absolute atomic E-state index is 0.110. The number of rotatable bonds is 6. The second kappa shape index (κ2) is 7.08. The Labute approximate surface area is 120 Å². The van der Waals surface area contributed by atoms with Crippen LogP contribution >= 0.6 is 0 Å². The highest BCUT2D eigenvalue weighted by molar-refractivity contribution is 5.35. The Bertz CT molecular complexity index is 540. The molecule has 0 heterocycles. The minimum Gasteiger partial charge on any atom is -0.494 e. The molecule has 0 aromatic heterocycles. The summed E-state index contributed by atoms with van der Waals surface area (Å²) in [7, 11) is 0. The molecule has 20 heavy (non-hydrogen) atoms. The van der Waals surface area contributed by atoms with Crippen molar-refractivity contribution in [2.24, 2.45) is 5.84 Å². The van der Waals surface area contributed by atoms with Gasteiger partial charge in [0.25, 0.3) is 0 Å². The Morgan fingerprint density at radius 3 is 2.50 bits per heavy atom. The fourth-order valence-electron chi connectivity index (χ4n) is 2.29. The lowest BCUT2D eigenvalue weighted by atomic mass is 9.96. The van der Waals surface area contributed by atoms with Crippen LogP contribution in [0.15, 0.2) is 48.5 Å². The first kappa shape index (κ1) is 14.6. The molecule has 3 nitrogen and oxygen atoms in total. The van der Waals surface area contributed by atoms with Crippen molar-refractivity contribution in [1.29, 1.82) is 0 Å². The van der Waals surface area contributed by atoms with E-state index >= 15 is 0 Å². The molecule has 0 aliphatic rings. The number of hydrogen-bond acceptors (Lipinski definition) is 3. The van der Waals surface area contributed by atoms with E-state index in [0.717, 1.165) is 12.2 Å². The molecular formula is C17H22N2O. The minimum atomic E-state index is 0.110. The molecule has 0 bridgehead atoms. The van der Waals surface area contributed by atoms with Crippen molar-refractivity contribution in [1.82, 2.24) is 5.43 Å². The van der Waals surface area contributed by atoms with E-state index in [1.165, 1.54) is 16.7 Å². The van der Waals surface area contributed by atoms with Gasteiger partial charge >= 0.3 is 0 Å². The van der Waals surface area contributed by atoms with Gasteiger partial charge in [0.15, 0.2) is 0 Å². The second-order valence-corrected chi connectivity index (χ2v) is 4.96. The van der Waals surface area contributed by atoms with E-state index in [4.69, 9.17) is 10.6 Å². The van der Waals surface area contributed by atoms with E-state index in [9.17, 15) is 0 Å². The molecule has 0 aliphatic carbocycles. The van der Waals surface area contributed by atoms with Crippen molar-refractivity contribution in [2.75, 3.05) is 6.61 Å². The van der Waals surface area contributed by atoms with Crippen LogP contribution in [-0.4, -0.2) is 6.61 Å². The van der Waals surface area contributed by atoms with Crippen LogP contribution in [-0.2, 0) is 0 Å². The monoisotopic (exact) mass is 270 g/mol. The van der Waals surface area contributed by atoms with Crippen molar-refractivity contribution < 1.29 is 4.74 Å². The van der Waals surface area contributed by atoms with Crippen LogP contribution in [0.2, 0.25) is 0 Å². The van der Waals surface area contributed by atoms with Gasteiger partial charge in [-0.2, -0.15) is 0 Å². The normalized spacial score (nSPS) is 12.2. The lowest BCUT2D eigenvalue weighted by molar-refractivity contribution is 0.287. The smallest absolute Gasteiger partial charge is 0.119 e. The van der Waals surface area contributed by atoms with Gasteiger partial charge in [-0.05, 0) is 42.7 Å². The molecule has 0 amide bonds. The number of ether oxygens (including phenoxy) is 1. The number of hydrogen-bond donors (Lipinski definition) is 2. The average molecular weight is 270 g/mol. The Morgan fingerprint density at radius 1 is 1.05 bits per heavy atom. The van der Waals surface area contributed by atoms with E-state index in [1.807, 2.05) is 30.3 Å². The van der Waals surface area contributed by atoms with Crippen LogP contribution in [0.3, 0.4) is 0 Å². The van der Waals surface area contributed by atoms with Crippen LogP contribution in [0.5, 0.6) is 5.75 Å². The molecule has 1 unspecified atom stereocenters. The van der Waals surface area contributed by atoms with Gasteiger partial charge in [-0.3, -0.25) is 11.3 Å². The highest BCUT2D eigenvalue weighted by Gasteiger charge is 2.13. The average Bonchev–Trinajstić information content (AvgIpc) is 2.48. The number of nitrogens with one attached hydrogen (secondary N) is 1. The zero-order chi connectivity index (χ0) is 14.4. The van der Waals surface area contributed by atoms with Gasteiger partial charge in [0, 0.05) is 12.5 Å². The Hall–Kier alpha value is -1.84.